The second kappa shape index (κ2) is 10.1. The van der Waals surface area contributed by atoms with Crippen LogP contribution in [0, 0.1) is 5.92 Å². The Balaban J connectivity index is 1.43. The number of hydrogen-bond acceptors (Lipinski definition) is 7. The van der Waals surface area contributed by atoms with Crippen LogP contribution in [0.3, 0.4) is 0 Å². The number of carbonyl (C=O) groups excluding carboxylic acids is 1. The quantitative estimate of drug-likeness (QED) is 0.465. The number of nitrogens with one attached hydrogen (secondary N) is 1. The highest BCUT2D eigenvalue weighted by atomic mass is 35.5. The molecule has 1 spiro atoms. The van der Waals surface area contributed by atoms with Gasteiger partial charge in [0.05, 0.1) is 36.5 Å². The Hall–Kier alpha value is -2.59. The molecule has 0 radical (unpaired) electrons. The predicted molar refractivity (Wildman–Crippen MR) is 149 cm³/mol. The van der Waals surface area contributed by atoms with Crippen molar-refractivity contribution in [1.82, 2.24) is 4.72 Å². The Morgan fingerprint density at radius 2 is 2.00 bits per heavy atom. The van der Waals surface area contributed by atoms with Crippen molar-refractivity contribution < 1.29 is 27.8 Å². The highest BCUT2D eigenvalue weighted by Crippen LogP contribution is 2.50. The summed E-state index contributed by atoms with van der Waals surface area (Å²) < 4.78 is 39.1. The highest BCUT2D eigenvalue weighted by molar-refractivity contribution is 7.92. The molecule has 1 fully saturated rings. The summed E-state index contributed by atoms with van der Waals surface area (Å²) in [5, 5.41) is 11.9. The molecule has 1 saturated carbocycles. The van der Waals surface area contributed by atoms with Gasteiger partial charge in [-0.3, -0.25) is 4.79 Å². The van der Waals surface area contributed by atoms with Crippen molar-refractivity contribution in [3.05, 3.63) is 70.6 Å². The molecule has 2 aromatic rings. The Kier molecular flexibility index (Phi) is 6.90. The maximum Gasteiger partial charge on any atom is 0.265 e. The zero-order chi connectivity index (χ0) is 27.3. The maximum absolute atomic E-state index is 13.0. The molecule has 8 nitrogen and oxygen atoms in total. The van der Waals surface area contributed by atoms with Crippen molar-refractivity contribution in [2.45, 2.75) is 48.5 Å². The molecule has 0 aromatic heterocycles. The smallest absolute Gasteiger partial charge is 0.265 e. The monoisotopic (exact) mass is 572 g/mol. The first-order valence-corrected chi connectivity index (χ1v) is 15.4. The van der Waals surface area contributed by atoms with Gasteiger partial charge >= 0.3 is 0 Å². The van der Waals surface area contributed by atoms with Crippen molar-refractivity contribution >= 4 is 33.2 Å². The number of ether oxygens (including phenoxy) is 2. The number of nitrogens with zero attached hydrogens (tertiary/aromatic N) is 1. The highest BCUT2D eigenvalue weighted by Gasteiger charge is 2.52. The van der Waals surface area contributed by atoms with Crippen molar-refractivity contribution in [3.8, 4) is 5.75 Å². The van der Waals surface area contributed by atoms with Gasteiger partial charge in [0.15, 0.2) is 0 Å². The minimum atomic E-state index is -4.03. The van der Waals surface area contributed by atoms with Crippen LogP contribution in [0.2, 0.25) is 0 Å². The molecule has 2 aliphatic heterocycles. The van der Waals surface area contributed by atoms with E-state index in [1.807, 2.05) is 0 Å². The van der Waals surface area contributed by atoms with Gasteiger partial charge in [0.2, 0.25) is 0 Å². The molecule has 4 aliphatic rings. The lowest BCUT2D eigenvalue weighted by Gasteiger charge is -2.50. The van der Waals surface area contributed by atoms with Gasteiger partial charge in [-0.1, -0.05) is 24.3 Å². The molecule has 1 amide bonds. The standard InChI is InChI=1S/C29H33ClN2O6S/c30-29-12-10-22(29)16-32-18-28(11-3-6-20-5-1-2-7-23(20)28)19-38-25-9-8-21(15-24(25)32)27(34)31-39(35,36)14-4-13-37-17-26(29)33/h1-2,4-5,7-9,14-15,22,26,33H,3,6,10-13,16-19H2,(H,31,34)/b14-4+/t22-,26-,28+,29-/m1/s1. The van der Waals surface area contributed by atoms with Crippen LogP contribution in [0.15, 0.2) is 53.9 Å². The number of alkyl halides is 1. The van der Waals surface area contributed by atoms with Gasteiger partial charge in [0.25, 0.3) is 15.9 Å². The van der Waals surface area contributed by atoms with E-state index in [9.17, 15) is 18.3 Å². The van der Waals surface area contributed by atoms with Gasteiger partial charge in [-0.2, -0.15) is 0 Å². The number of aryl methyl sites for hydroxylation is 1. The van der Waals surface area contributed by atoms with Crippen LogP contribution >= 0.6 is 11.6 Å². The average molecular weight is 573 g/mol. The average Bonchev–Trinajstić information content (AvgIpc) is 3.07. The summed E-state index contributed by atoms with van der Waals surface area (Å²) in [6.07, 6.45) is 4.92. The number of carbonyl (C=O) groups is 1. The fourth-order valence-electron chi connectivity index (χ4n) is 6.57. The Labute approximate surface area is 234 Å². The minimum Gasteiger partial charge on any atom is -0.490 e. The minimum absolute atomic E-state index is 0.0130. The number of benzene rings is 2. The van der Waals surface area contributed by atoms with E-state index in [4.69, 9.17) is 21.1 Å². The third-order valence-electron chi connectivity index (χ3n) is 8.80. The van der Waals surface area contributed by atoms with Gasteiger partial charge in [-0.25, -0.2) is 13.1 Å². The number of aliphatic hydroxyl groups excluding tert-OH is 1. The van der Waals surface area contributed by atoms with Crippen LogP contribution in [0.5, 0.6) is 5.75 Å². The van der Waals surface area contributed by atoms with E-state index in [0.717, 1.165) is 36.8 Å². The zero-order valence-corrected chi connectivity index (χ0v) is 23.2. The summed E-state index contributed by atoms with van der Waals surface area (Å²) in [6, 6.07) is 13.6. The van der Waals surface area contributed by atoms with E-state index in [-0.39, 0.29) is 30.1 Å². The van der Waals surface area contributed by atoms with Crippen molar-refractivity contribution in [1.29, 1.82) is 0 Å². The van der Waals surface area contributed by atoms with E-state index in [1.54, 1.807) is 18.2 Å². The summed E-state index contributed by atoms with van der Waals surface area (Å²) >= 11 is 7.05. The van der Waals surface area contributed by atoms with Gasteiger partial charge in [-0.15, -0.1) is 11.6 Å². The summed E-state index contributed by atoms with van der Waals surface area (Å²) in [5.74, 6) is -0.0947. The third kappa shape index (κ3) is 4.94. The summed E-state index contributed by atoms with van der Waals surface area (Å²) in [4.78, 5) is 14.4. The molecule has 10 heteroatoms. The summed E-state index contributed by atoms with van der Waals surface area (Å²) in [6.45, 7) is 1.65. The first-order valence-electron chi connectivity index (χ1n) is 13.5. The second-order valence-electron chi connectivity index (χ2n) is 11.2. The normalized spacial score (nSPS) is 33.0. The molecule has 0 unspecified atom stereocenters. The van der Waals surface area contributed by atoms with Crippen LogP contribution in [0.1, 0.15) is 47.2 Å². The fourth-order valence-corrected chi connectivity index (χ4v) is 7.70. The van der Waals surface area contributed by atoms with Crippen LogP contribution in [-0.4, -0.2) is 63.3 Å². The summed E-state index contributed by atoms with van der Waals surface area (Å²) in [5.41, 5.74) is 3.29. The largest absolute Gasteiger partial charge is 0.490 e. The number of fused-ring (bicyclic) bond motifs is 4. The number of amides is 1. The van der Waals surface area contributed by atoms with Crippen molar-refractivity contribution in [2.75, 3.05) is 37.8 Å². The van der Waals surface area contributed by atoms with Gasteiger partial charge in [-0.05, 0) is 73.4 Å². The fraction of sp³-hybridized carbons (Fsp3) is 0.483. The van der Waals surface area contributed by atoms with E-state index in [2.05, 4.69) is 33.9 Å². The SMILES string of the molecule is O=C1NS(=O)(=O)/C=C/COC[C@@H](O)[C@@]2(Cl)CC[C@@H]2CN2C[C@@]3(CCCc4ccccc43)COc3ccc1cc32. The van der Waals surface area contributed by atoms with Crippen molar-refractivity contribution in [2.24, 2.45) is 5.92 Å². The van der Waals surface area contributed by atoms with Gasteiger partial charge < -0.3 is 19.5 Å². The Bertz CT molecular complexity index is 1410. The Morgan fingerprint density at radius 1 is 1.15 bits per heavy atom. The number of rotatable bonds is 0. The molecule has 2 N–H and O–H groups in total. The molecule has 208 valence electrons. The predicted octanol–water partition coefficient (Wildman–Crippen LogP) is 3.51. The van der Waals surface area contributed by atoms with E-state index in [0.29, 0.717) is 31.9 Å². The molecule has 4 atom stereocenters. The molecular formula is C29H33ClN2O6S. The molecule has 6 rings (SSSR count). The molecule has 39 heavy (non-hydrogen) atoms. The second-order valence-corrected chi connectivity index (χ2v) is 13.5. The van der Waals surface area contributed by atoms with Crippen LogP contribution in [-0.2, 0) is 26.6 Å². The molecule has 0 saturated heterocycles. The first-order chi connectivity index (χ1) is 18.7. The number of aliphatic hydroxyl groups is 1. The number of halogens is 1. The molecular weight excluding hydrogens is 540 g/mol. The lowest BCUT2D eigenvalue weighted by atomic mass is 9.68. The molecule has 2 aromatic carbocycles. The summed E-state index contributed by atoms with van der Waals surface area (Å²) in [7, 11) is -4.03. The van der Waals surface area contributed by atoms with Crippen molar-refractivity contribution in [3.63, 3.8) is 0 Å². The number of hydrogen-bond donors (Lipinski definition) is 2. The van der Waals surface area contributed by atoms with Crippen LogP contribution < -0.4 is 14.4 Å². The van der Waals surface area contributed by atoms with E-state index in [1.165, 1.54) is 17.2 Å². The van der Waals surface area contributed by atoms with Crippen LogP contribution in [0.25, 0.3) is 0 Å². The van der Waals surface area contributed by atoms with Crippen LogP contribution in [0.4, 0.5) is 5.69 Å². The lowest BCUT2D eigenvalue weighted by molar-refractivity contribution is -0.0206. The van der Waals surface area contributed by atoms with E-state index < -0.39 is 26.9 Å². The van der Waals surface area contributed by atoms with E-state index >= 15 is 0 Å². The number of sulfonamides is 1. The first kappa shape index (κ1) is 26.6. The maximum atomic E-state index is 13.0. The molecule has 2 aliphatic carbocycles. The zero-order valence-electron chi connectivity index (χ0n) is 21.6. The Morgan fingerprint density at radius 3 is 2.82 bits per heavy atom. The van der Waals surface area contributed by atoms with Gasteiger partial charge in [0.1, 0.15) is 5.75 Å². The molecule has 2 bridgehead atoms. The third-order valence-corrected chi connectivity index (χ3v) is 10.6. The topological polar surface area (TPSA) is 105 Å². The number of anilines is 1. The lowest BCUT2D eigenvalue weighted by Crippen LogP contribution is -2.58. The van der Waals surface area contributed by atoms with Gasteiger partial charge in [0, 0.05) is 29.5 Å². The molecule has 2 heterocycles.